The molecule has 0 spiro atoms. The molecule has 3 N–H and O–H groups in total. The SMILES string of the molecule is CCc1nnc(NC(=O)CCNC(=O)NC2CCCCC2)s1. The van der Waals surface area contributed by atoms with Crippen LogP contribution in [0.15, 0.2) is 0 Å². The number of carbonyl (C=O) groups excluding carboxylic acids is 2. The number of carbonyl (C=O) groups is 2. The Hall–Kier alpha value is -1.70. The molecule has 22 heavy (non-hydrogen) atoms. The van der Waals surface area contributed by atoms with Gasteiger partial charge in [-0.25, -0.2) is 4.79 Å². The summed E-state index contributed by atoms with van der Waals surface area (Å²) in [6, 6.07) is 0.0836. The van der Waals surface area contributed by atoms with Crippen molar-refractivity contribution < 1.29 is 9.59 Å². The molecular weight excluding hydrogens is 302 g/mol. The van der Waals surface area contributed by atoms with Crippen LogP contribution < -0.4 is 16.0 Å². The van der Waals surface area contributed by atoms with Gasteiger partial charge in [0.05, 0.1) is 0 Å². The van der Waals surface area contributed by atoms with Gasteiger partial charge in [-0.15, -0.1) is 10.2 Å². The van der Waals surface area contributed by atoms with Gasteiger partial charge in [-0.1, -0.05) is 37.5 Å². The van der Waals surface area contributed by atoms with E-state index in [9.17, 15) is 9.59 Å². The van der Waals surface area contributed by atoms with Gasteiger partial charge in [-0.3, -0.25) is 4.79 Å². The van der Waals surface area contributed by atoms with E-state index in [4.69, 9.17) is 0 Å². The molecule has 3 amide bonds. The van der Waals surface area contributed by atoms with E-state index in [1.54, 1.807) is 0 Å². The minimum Gasteiger partial charge on any atom is -0.338 e. The Morgan fingerprint density at radius 2 is 2.00 bits per heavy atom. The minimum absolute atomic E-state index is 0.170. The summed E-state index contributed by atoms with van der Waals surface area (Å²) in [5.41, 5.74) is 0. The second-order valence-electron chi connectivity index (χ2n) is 5.39. The zero-order valence-corrected chi connectivity index (χ0v) is 13.7. The third-order valence-electron chi connectivity index (χ3n) is 3.59. The fourth-order valence-electron chi connectivity index (χ4n) is 2.40. The summed E-state index contributed by atoms with van der Waals surface area (Å²) in [5.74, 6) is -0.170. The number of hydrogen-bond acceptors (Lipinski definition) is 5. The summed E-state index contributed by atoms with van der Waals surface area (Å²) in [5, 5.41) is 17.6. The van der Waals surface area contributed by atoms with Crippen molar-refractivity contribution in [3.05, 3.63) is 5.01 Å². The van der Waals surface area contributed by atoms with E-state index in [0.29, 0.717) is 11.7 Å². The van der Waals surface area contributed by atoms with Gasteiger partial charge in [0, 0.05) is 19.0 Å². The lowest BCUT2D eigenvalue weighted by molar-refractivity contribution is -0.116. The first-order valence-electron chi connectivity index (χ1n) is 7.84. The second kappa shape index (κ2) is 8.67. The van der Waals surface area contributed by atoms with E-state index in [-0.39, 0.29) is 24.4 Å². The van der Waals surface area contributed by atoms with Crippen molar-refractivity contribution in [3.8, 4) is 0 Å². The molecule has 0 atom stereocenters. The second-order valence-corrected chi connectivity index (χ2v) is 6.45. The van der Waals surface area contributed by atoms with Crippen LogP contribution in [0.4, 0.5) is 9.93 Å². The highest BCUT2D eigenvalue weighted by molar-refractivity contribution is 7.15. The highest BCUT2D eigenvalue weighted by Crippen LogP contribution is 2.17. The molecule has 0 aromatic carbocycles. The van der Waals surface area contributed by atoms with Gasteiger partial charge in [0.25, 0.3) is 0 Å². The van der Waals surface area contributed by atoms with E-state index in [2.05, 4.69) is 26.1 Å². The van der Waals surface area contributed by atoms with E-state index < -0.39 is 0 Å². The summed E-state index contributed by atoms with van der Waals surface area (Å²) in [6.07, 6.45) is 6.72. The van der Waals surface area contributed by atoms with Crippen molar-refractivity contribution in [3.63, 3.8) is 0 Å². The molecule has 1 heterocycles. The van der Waals surface area contributed by atoms with Crippen molar-refractivity contribution in [2.75, 3.05) is 11.9 Å². The van der Waals surface area contributed by atoms with Gasteiger partial charge in [-0.2, -0.15) is 0 Å². The first kappa shape index (κ1) is 16.7. The molecule has 2 rings (SSSR count). The number of anilines is 1. The van der Waals surface area contributed by atoms with Crippen LogP contribution in [0.5, 0.6) is 0 Å². The first-order chi connectivity index (χ1) is 10.7. The summed E-state index contributed by atoms with van der Waals surface area (Å²) in [7, 11) is 0. The summed E-state index contributed by atoms with van der Waals surface area (Å²) < 4.78 is 0. The van der Waals surface area contributed by atoms with Crippen molar-refractivity contribution in [1.82, 2.24) is 20.8 Å². The number of aromatic nitrogens is 2. The van der Waals surface area contributed by atoms with E-state index in [0.717, 1.165) is 24.3 Å². The van der Waals surface area contributed by atoms with Gasteiger partial charge < -0.3 is 16.0 Å². The largest absolute Gasteiger partial charge is 0.338 e. The topological polar surface area (TPSA) is 96.0 Å². The molecule has 0 saturated heterocycles. The summed E-state index contributed by atoms with van der Waals surface area (Å²) >= 11 is 1.37. The number of nitrogens with zero attached hydrogens (tertiary/aromatic N) is 2. The van der Waals surface area contributed by atoms with Crippen LogP contribution in [-0.4, -0.2) is 34.7 Å². The Kier molecular flexibility index (Phi) is 6.57. The molecule has 0 bridgehead atoms. The molecular formula is C14H23N5O2S. The van der Waals surface area contributed by atoms with Gasteiger partial charge in [0.15, 0.2) is 0 Å². The lowest BCUT2D eigenvalue weighted by atomic mass is 9.96. The molecule has 1 saturated carbocycles. The first-order valence-corrected chi connectivity index (χ1v) is 8.65. The van der Waals surface area contributed by atoms with Crippen molar-refractivity contribution in [2.45, 2.75) is 57.9 Å². The minimum atomic E-state index is -0.191. The van der Waals surface area contributed by atoms with Gasteiger partial charge >= 0.3 is 6.03 Å². The van der Waals surface area contributed by atoms with Gasteiger partial charge in [0.1, 0.15) is 5.01 Å². The lowest BCUT2D eigenvalue weighted by Crippen LogP contribution is -2.43. The lowest BCUT2D eigenvalue weighted by Gasteiger charge is -2.22. The molecule has 0 aliphatic heterocycles. The Balaban J connectivity index is 1.60. The molecule has 0 radical (unpaired) electrons. The third kappa shape index (κ3) is 5.59. The molecule has 1 aliphatic carbocycles. The predicted octanol–water partition coefficient (Wildman–Crippen LogP) is 2.06. The number of nitrogens with one attached hydrogen (secondary N) is 3. The Morgan fingerprint density at radius 3 is 2.68 bits per heavy atom. The van der Waals surface area contributed by atoms with Crippen LogP contribution in [-0.2, 0) is 11.2 Å². The van der Waals surface area contributed by atoms with Crippen molar-refractivity contribution >= 4 is 28.4 Å². The van der Waals surface area contributed by atoms with Crippen LogP contribution in [0.2, 0.25) is 0 Å². The third-order valence-corrected chi connectivity index (χ3v) is 4.58. The predicted molar refractivity (Wildman–Crippen MR) is 85.9 cm³/mol. The van der Waals surface area contributed by atoms with Crippen LogP contribution in [0, 0.1) is 0 Å². The quantitative estimate of drug-likeness (QED) is 0.746. The van der Waals surface area contributed by atoms with Gasteiger partial charge in [0.2, 0.25) is 11.0 Å². The fourth-order valence-corrected chi connectivity index (χ4v) is 3.10. The van der Waals surface area contributed by atoms with Crippen LogP contribution in [0.1, 0.15) is 50.5 Å². The number of aryl methyl sites for hydroxylation is 1. The van der Waals surface area contributed by atoms with Crippen LogP contribution >= 0.6 is 11.3 Å². The Morgan fingerprint density at radius 1 is 1.23 bits per heavy atom. The molecule has 1 aromatic rings. The normalized spacial score (nSPS) is 15.3. The molecule has 1 aliphatic rings. The maximum atomic E-state index is 11.7. The average molecular weight is 325 g/mol. The number of rotatable bonds is 6. The molecule has 1 aromatic heterocycles. The summed E-state index contributed by atoms with van der Waals surface area (Å²) in [6.45, 7) is 2.30. The molecule has 7 nitrogen and oxygen atoms in total. The van der Waals surface area contributed by atoms with Gasteiger partial charge in [-0.05, 0) is 19.3 Å². The maximum absolute atomic E-state index is 11.7. The summed E-state index contributed by atoms with van der Waals surface area (Å²) in [4.78, 5) is 23.5. The Labute approximate surface area is 134 Å². The van der Waals surface area contributed by atoms with Crippen LogP contribution in [0.25, 0.3) is 0 Å². The zero-order chi connectivity index (χ0) is 15.8. The molecule has 8 heteroatoms. The smallest absolute Gasteiger partial charge is 0.315 e. The molecule has 1 fully saturated rings. The van der Waals surface area contributed by atoms with E-state index in [1.807, 2.05) is 6.92 Å². The number of amides is 3. The monoisotopic (exact) mass is 325 g/mol. The molecule has 122 valence electrons. The highest BCUT2D eigenvalue weighted by atomic mass is 32.1. The Bertz CT molecular complexity index is 499. The number of hydrogen-bond donors (Lipinski definition) is 3. The maximum Gasteiger partial charge on any atom is 0.315 e. The number of urea groups is 1. The standard InChI is InChI=1S/C14H23N5O2S/c1-2-12-18-19-14(22-12)17-11(20)8-9-15-13(21)16-10-6-4-3-5-7-10/h10H,2-9H2,1H3,(H2,15,16,21)(H,17,19,20). The zero-order valence-electron chi connectivity index (χ0n) is 12.9. The fraction of sp³-hybridized carbons (Fsp3) is 0.714. The van der Waals surface area contributed by atoms with Crippen LogP contribution in [0.3, 0.4) is 0 Å². The van der Waals surface area contributed by atoms with E-state index in [1.165, 1.54) is 30.6 Å². The van der Waals surface area contributed by atoms with Crippen molar-refractivity contribution in [2.24, 2.45) is 0 Å². The highest BCUT2D eigenvalue weighted by Gasteiger charge is 2.15. The van der Waals surface area contributed by atoms with E-state index >= 15 is 0 Å². The van der Waals surface area contributed by atoms with Crippen molar-refractivity contribution in [1.29, 1.82) is 0 Å². The average Bonchev–Trinajstić information content (AvgIpc) is 2.95. The molecule has 0 unspecified atom stereocenters.